The second-order valence-corrected chi connectivity index (χ2v) is 7.93. The number of ketones is 1. The van der Waals surface area contributed by atoms with Crippen LogP contribution < -0.4 is 0 Å². The van der Waals surface area contributed by atoms with Crippen LogP contribution in [0.15, 0.2) is 59.9 Å². The van der Waals surface area contributed by atoms with Crippen LogP contribution in [-0.2, 0) is 36.7 Å². The zero-order valence-electron chi connectivity index (χ0n) is 21.5. The van der Waals surface area contributed by atoms with Gasteiger partial charge < -0.3 is 14.6 Å². The smallest absolute Gasteiger partial charge is 0.337 e. The molecule has 0 fully saturated rings. The predicted molar refractivity (Wildman–Crippen MR) is 136 cm³/mol. The van der Waals surface area contributed by atoms with Crippen LogP contribution in [0.25, 0.3) is 0 Å². The van der Waals surface area contributed by atoms with E-state index in [4.69, 9.17) is 9.47 Å². The topological polar surface area (TPSA) is 176 Å². The van der Waals surface area contributed by atoms with Gasteiger partial charge in [0.2, 0.25) is 0 Å². The van der Waals surface area contributed by atoms with Gasteiger partial charge in [-0.2, -0.15) is 0 Å². The van der Waals surface area contributed by atoms with E-state index in [0.29, 0.717) is 11.1 Å². The highest BCUT2D eigenvalue weighted by Crippen LogP contribution is 2.19. The standard InChI is InChI=1S/2C13H15NO5/c2*1-3-19-13(16)12(9(2)15)8-10-5-4-6-11(7-10)14(17)18/h4-7,15H,3,8H2,1-2H3;4-7,12H,3,8H2,1-2H3/b12-9+;. The summed E-state index contributed by atoms with van der Waals surface area (Å²) >= 11 is 0. The summed E-state index contributed by atoms with van der Waals surface area (Å²) in [6.07, 6.45) is 0.193. The molecule has 0 aliphatic rings. The number of esters is 2. The van der Waals surface area contributed by atoms with E-state index in [0.717, 1.165) is 0 Å². The van der Waals surface area contributed by atoms with Crippen LogP contribution in [0.5, 0.6) is 0 Å². The fourth-order valence-corrected chi connectivity index (χ4v) is 3.22. The fourth-order valence-electron chi connectivity index (χ4n) is 3.22. The molecule has 12 nitrogen and oxygen atoms in total. The van der Waals surface area contributed by atoms with E-state index >= 15 is 0 Å². The molecule has 2 rings (SSSR count). The van der Waals surface area contributed by atoms with E-state index in [9.17, 15) is 39.7 Å². The highest BCUT2D eigenvalue weighted by atomic mass is 16.6. The molecule has 0 spiro atoms. The van der Waals surface area contributed by atoms with Crippen molar-refractivity contribution in [2.24, 2.45) is 5.92 Å². The normalized spacial score (nSPS) is 11.7. The molecule has 0 heterocycles. The number of hydrogen-bond donors (Lipinski definition) is 1. The quantitative estimate of drug-likeness (QED) is 0.109. The molecule has 0 aromatic heterocycles. The van der Waals surface area contributed by atoms with Crippen molar-refractivity contribution in [3.05, 3.63) is 91.2 Å². The summed E-state index contributed by atoms with van der Waals surface area (Å²) < 4.78 is 9.65. The van der Waals surface area contributed by atoms with Gasteiger partial charge in [-0.05, 0) is 45.2 Å². The van der Waals surface area contributed by atoms with E-state index in [-0.39, 0.29) is 54.5 Å². The van der Waals surface area contributed by atoms with Crippen molar-refractivity contribution in [3.8, 4) is 0 Å². The number of carbonyl (C=O) groups excluding carboxylic acids is 3. The second kappa shape index (κ2) is 15.5. The van der Waals surface area contributed by atoms with Crippen molar-refractivity contribution in [1.29, 1.82) is 0 Å². The van der Waals surface area contributed by atoms with E-state index in [1.165, 1.54) is 50.2 Å². The molecule has 38 heavy (non-hydrogen) atoms. The lowest BCUT2D eigenvalue weighted by Gasteiger charge is -2.12. The number of ether oxygens (including phenoxy) is 2. The second-order valence-electron chi connectivity index (χ2n) is 7.93. The Balaban J connectivity index is 0.000000380. The molecular weight excluding hydrogens is 500 g/mol. The third kappa shape index (κ3) is 10.2. The Bertz CT molecular complexity index is 1200. The van der Waals surface area contributed by atoms with Crippen LogP contribution in [0.3, 0.4) is 0 Å². The lowest BCUT2D eigenvalue weighted by atomic mass is 9.96. The summed E-state index contributed by atoms with van der Waals surface area (Å²) in [4.78, 5) is 55.0. The van der Waals surface area contributed by atoms with Crippen LogP contribution >= 0.6 is 0 Å². The van der Waals surface area contributed by atoms with E-state index in [2.05, 4.69) is 0 Å². The van der Waals surface area contributed by atoms with Gasteiger partial charge >= 0.3 is 11.9 Å². The van der Waals surface area contributed by atoms with Crippen molar-refractivity contribution < 1.29 is 38.8 Å². The van der Waals surface area contributed by atoms with Gasteiger partial charge in [0.15, 0.2) is 0 Å². The maximum atomic E-state index is 11.6. The number of carbonyl (C=O) groups is 3. The summed E-state index contributed by atoms with van der Waals surface area (Å²) in [7, 11) is 0. The minimum atomic E-state index is -0.915. The average Bonchev–Trinajstić information content (AvgIpc) is 2.86. The van der Waals surface area contributed by atoms with Gasteiger partial charge in [-0.3, -0.25) is 29.8 Å². The summed E-state index contributed by atoms with van der Waals surface area (Å²) in [5, 5.41) is 30.8. The van der Waals surface area contributed by atoms with Crippen molar-refractivity contribution in [1.82, 2.24) is 0 Å². The number of Topliss-reactive ketones (excluding diaryl/α,β-unsaturated/α-hetero) is 1. The molecule has 12 heteroatoms. The lowest BCUT2D eigenvalue weighted by Crippen LogP contribution is -2.26. The highest BCUT2D eigenvalue weighted by molar-refractivity contribution is 5.98. The number of rotatable bonds is 11. The molecule has 1 atom stereocenters. The van der Waals surface area contributed by atoms with E-state index in [1.807, 2.05) is 0 Å². The zero-order chi connectivity index (χ0) is 28.8. The minimum absolute atomic E-state index is 0.0590. The highest BCUT2D eigenvalue weighted by Gasteiger charge is 2.25. The Morgan fingerprint density at radius 3 is 1.82 bits per heavy atom. The van der Waals surface area contributed by atoms with Gasteiger partial charge in [-0.25, -0.2) is 4.79 Å². The number of allylic oxidation sites excluding steroid dienone is 1. The Morgan fingerprint density at radius 2 is 1.37 bits per heavy atom. The SMILES string of the molecule is CCOC(=O)/C(Cc1cccc([N+](=O)[O-])c1)=C(\C)O.CCOC(=O)C(Cc1cccc([N+](=O)[O-])c1)C(C)=O. The summed E-state index contributed by atoms with van der Waals surface area (Å²) in [5.74, 6) is -2.59. The molecule has 1 unspecified atom stereocenters. The van der Waals surface area contributed by atoms with Crippen LogP contribution in [0, 0.1) is 26.1 Å². The Morgan fingerprint density at radius 1 is 0.868 bits per heavy atom. The minimum Gasteiger partial charge on any atom is -0.512 e. The zero-order valence-corrected chi connectivity index (χ0v) is 21.5. The predicted octanol–water partition coefficient (Wildman–Crippen LogP) is 4.44. The van der Waals surface area contributed by atoms with Crippen molar-refractivity contribution >= 4 is 29.1 Å². The summed E-state index contributed by atoms with van der Waals surface area (Å²) in [6.45, 7) is 6.39. The van der Waals surface area contributed by atoms with Crippen LogP contribution in [-0.4, -0.2) is 45.9 Å². The molecule has 2 aromatic carbocycles. The van der Waals surface area contributed by atoms with Crippen LogP contribution in [0.2, 0.25) is 0 Å². The first-order chi connectivity index (χ1) is 17.9. The Labute approximate surface area is 219 Å². The first-order valence-electron chi connectivity index (χ1n) is 11.6. The summed E-state index contributed by atoms with van der Waals surface area (Å²) in [5.41, 5.74) is 1.09. The van der Waals surface area contributed by atoms with Crippen LogP contribution in [0.4, 0.5) is 11.4 Å². The number of non-ortho nitro benzene ring substituents is 2. The third-order valence-corrected chi connectivity index (χ3v) is 5.08. The van der Waals surface area contributed by atoms with Gasteiger partial charge in [0.25, 0.3) is 11.4 Å². The first-order valence-corrected chi connectivity index (χ1v) is 11.6. The number of aliphatic hydroxyl groups excluding tert-OH is 1. The van der Waals surface area contributed by atoms with Crippen molar-refractivity contribution in [2.75, 3.05) is 13.2 Å². The Kier molecular flexibility index (Phi) is 12.8. The number of benzene rings is 2. The molecule has 0 saturated heterocycles. The number of nitrogens with zero attached hydrogens (tertiary/aromatic N) is 2. The lowest BCUT2D eigenvalue weighted by molar-refractivity contribution is -0.385. The number of aliphatic hydroxyl groups is 1. The average molecular weight is 531 g/mol. The van der Waals surface area contributed by atoms with Crippen LogP contribution in [0.1, 0.15) is 38.8 Å². The van der Waals surface area contributed by atoms with E-state index < -0.39 is 27.7 Å². The molecule has 0 saturated carbocycles. The maximum Gasteiger partial charge on any atom is 0.337 e. The number of nitro benzene ring substituents is 2. The molecule has 0 radical (unpaired) electrons. The Hall–Kier alpha value is -4.61. The molecule has 2 aromatic rings. The molecule has 0 aliphatic carbocycles. The fraction of sp³-hybridized carbons (Fsp3) is 0.346. The molecular formula is C26H30N2O10. The molecule has 0 amide bonds. The van der Waals surface area contributed by atoms with Gasteiger partial charge in [-0.1, -0.05) is 24.3 Å². The van der Waals surface area contributed by atoms with Gasteiger partial charge in [0.1, 0.15) is 11.7 Å². The number of hydrogen-bond acceptors (Lipinski definition) is 10. The summed E-state index contributed by atoms with van der Waals surface area (Å²) in [6, 6.07) is 11.8. The van der Waals surface area contributed by atoms with Crippen molar-refractivity contribution in [2.45, 2.75) is 40.5 Å². The van der Waals surface area contributed by atoms with E-state index in [1.54, 1.807) is 26.0 Å². The number of nitro groups is 2. The molecule has 0 aliphatic heterocycles. The molecule has 204 valence electrons. The van der Waals surface area contributed by atoms with Gasteiger partial charge in [-0.15, -0.1) is 0 Å². The van der Waals surface area contributed by atoms with Gasteiger partial charge in [0.05, 0.1) is 34.4 Å². The third-order valence-electron chi connectivity index (χ3n) is 5.08. The monoisotopic (exact) mass is 530 g/mol. The largest absolute Gasteiger partial charge is 0.512 e. The maximum absolute atomic E-state index is 11.6. The van der Waals surface area contributed by atoms with Gasteiger partial charge in [0, 0.05) is 30.7 Å². The molecule has 1 N–H and O–H groups in total. The first kappa shape index (κ1) is 31.4. The molecule has 0 bridgehead atoms. The van der Waals surface area contributed by atoms with Crippen molar-refractivity contribution in [3.63, 3.8) is 0 Å².